The van der Waals surface area contributed by atoms with Gasteiger partial charge in [-0.3, -0.25) is 0 Å². The van der Waals surface area contributed by atoms with Crippen molar-refractivity contribution < 1.29 is 9.13 Å². The number of anilines is 1. The molecule has 0 spiro atoms. The largest absolute Gasteiger partial charge is 0.494 e. The first-order valence-corrected chi connectivity index (χ1v) is 8.73. The molecular weight excluding hydrogens is 303 g/mol. The van der Waals surface area contributed by atoms with E-state index in [1.807, 2.05) is 37.3 Å². The number of ether oxygens (including phenoxy) is 1. The van der Waals surface area contributed by atoms with Crippen LogP contribution in [0.25, 0.3) is 0 Å². The Morgan fingerprint density at radius 3 is 2.62 bits per heavy atom. The summed E-state index contributed by atoms with van der Waals surface area (Å²) in [5.41, 5.74) is 2.88. The summed E-state index contributed by atoms with van der Waals surface area (Å²) in [5.74, 6) is 0.755. The SMILES string of the molecule is CCOc1ccccc1CNCc1c(F)cccc1N1CCCC1. The molecule has 0 atom stereocenters. The van der Waals surface area contributed by atoms with Crippen molar-refractivity contribution in [3.05, 3.63) is 59.4 Å². The minimum Gasteiger partial charge on any atom is -0.494 e. The molecule has 24 heavy (non-hydrogen) atoms. The number of para-hydroxylation sites is 1. The highest BCUT2D eigenvalue weighted by molar-refractivity contribution is 5.54. The lowest BCUT2D eigenvalue weighted by Gasteiger charge is -2.22. The number of halogens is 1. The van der Waals surface area contributed by atoms with Gasteiger partial charge in [0.25, 0.3) is 0 Å². The fraction of sp³-hybridized carbons (Fsp3) is 0.400. The molecule has 0 unspecified atom stereocenters. The first-order chi connectivity index (χ1) is 11.8. The van der Waals surface area contributed by atoms with Crippen molar-refractivity contribution in [3.8, 4) is 5.75 Å². The molecule has 0 aromatic heterocycles. The summed E-state index contributed by atoms with van der Waals surface area (Å²) in [6.07, 6.45) is 2.37. The third kappa shape index (κ3) is 3.88. The van der Waals surface area contributed by atoms with E-state index >= 15 is 0 Å². The van der Waals surface area contributed by atoms with E-state index < -0.39 is 0 Å². The number of nitrogens with one attached hydrogen (secondary N) is 1. The van der Waals surface area contributed by atoms with Crippen molar-refractivity contribution >= 4 is 5.69 Å². The minimum absolute atomic E-state index is 0.134. The van der Waals surface area contributed by atoms with Crippen LogP contribution >= 0.6 is 0 Å². The molecule has 0 aliphatic carbocycles. The lowest BCUT2D eigenvalue weighted by Crippen LogP contribution is -2.22. The van der Waals surface area contributed by atoms with E-state index in [9.17, 15) is 4.39 Å². The number of nitrogens with zero attached hydrogens (tertiary/aromatic N) is 1. The van der Waals surface area contributed by atoms with Crippen LogP contribution in [0.5, 0.6) is 5.75 Å². The van der Waals surface area contributed by atoms with Crippen LogP contribution in [-0.4, -0.2) is 19.7 Å². The Bertz CT molecular complexity index is 668. The molecule has 3 rings (SSSR count). The second-order valence-corrected chi connectivity index (χ2v) is 6.08. The Kier molecular flexibility index (Phi) is 5.70. The van der Waals surface area contributed by atoms with Crippen LogP contribution in [-0.2, 0) is 13.1 Å². The number of hydrogen-bond acceptors (Lipinski definition) is 3. The third-order valence-electron chi connectivity index (χ3n) is 4.43. The highest BCUT2D eigenvalue weighted by atomic mass is 19.1. The molecule has 0 bridgehead atoms. The highest BCUT2D eigenvalue weighted by Crippen LogP contribution is 2.27. The van der Waals surface area contributed by atoms with Gasteiger partial charge in [0.1, 0.15) is 11.6 Å². The van der Waals surface area contributed by atoms with Crippen LogP contribution < -0.4 is 15.0 Å². The molecule has 1 aliphatic heterocycles. The van der Waals surface area contributed by atoms with Gasteiger partial charge in [0.05, 0.1) is 6.61 Å². The molecule has 1 N–H and O–H groups in total. The predicted molar refractivity (Wildman–Crippen MR) is 96.0 cm³/mol. The zero-order valence-electron chi connectivity index (χ0n) is 14.2. The summed E-state index contributed by atoms with van der Waals surface area (Å²) in [5, 5.41) is 3.37. The maximum atomic E-state index is 14.3. The summed E-state index contributed by atoms with van der Waals surface area (Å²) in [4.78, 5) is 2.29. The van der Waals surface area contributed by atoms with Gasteiger partial charge >= 0.3 is 0 Å². The van der Waals surface area contributed by atoms with E-state index in [4.69, 9.17) is 4.74 Å². The van der Waals surface area contributed by atoms with E-state index in [1.54, 1.807) is 12.1 Å². The standard InChI is InChI=1S/C20H25FN2O/c1-2-24-20-11-4-3-8-16(20)14-22-15-17-18(21)9-7-10-19(17)23-12-5-6-13-23/h3-4,7-11,22H,2,5-6,12-15H2,1H3. The second kappa shape index (κ2) is 8.15. The Morgan fingerprint density at radius 2 is 1.83 bits per heavy atom. The van der Waals surface area contributed by atoms with E-state index in [0.717, 1.165) is 35.7 Å². The number of benzene rings is 2. The fourth-order valence-electron chi connectivity index (χ4n) is 3.24. The normalized spacial score (nSPS) is 14.2. The van der Waals surface area contributed by atoms with E-state index in [1.165, 1.54) is 12.8 Å². The first-order valence-electron chi connectivity index (χ1n) is 8.73. The monoisotopic (exact) mass is 328 g/mol. The van der Waals surface area contributed by atoms with Crippen LogP contribution in [0.2, 0.25) is 0 Å². The number of hydrogen-bond donors (Lipinski definition) is 1. The summed E-state index contributed by atoms with van der Waals surface area (Å²) in [6, 6.07) is 13.4. The van der Waals surface area contributed by atoms with Gasteiger partial charge < -0.3 is 15.0 Å². The van der Waals surface area contributed by atoms with Crippen LogP contribution in [0, 0.1) is 5.82 Å². The van der Waals surface area contributed by atoms with Crippen molar-refractivity contribution in [3.63, 3.8) is 0 Å². The highest BCUT2D eigenvalue weighted by Gasteiger charge is 2.17. The van der Waals surface area contributed by atoms with Gasteiger partial charge in [0.15, 0.2) is 0 Å². The zero-order valence-corrected chi connectivity index (χ0v) is 14.2. The van der Waals surface area contributed by atoms with E-state index in [-0.39, 0.29) is 5.82 Å². The smallest absolute Gasteiger partial charge is 0.129 e. The first kappa shape index (κ1) is 16.8. The minimum atomic E-state index is -0.134. The zero-order chi connectivity index (χ0) is 16.8. The molecule has 1 aliphatic rings. The molecular formula is C20H25FN2O. The van der Waals surface area contributed by atoms with E-state index in [0.29, 0.717) is 19.7 Å². The van der Waals surface area contributed by atoms with Crippen LogP contribution in [0.4, 0.5) is 10.1 Å². The van der Waals surface area contributed by atoms with Gasteiger partial charge in [-0.05, 0) is 38.0 Å². The maximum absolute atomic E-state index is 14.3. The molecule has 3 nitrogen and oxygen atoms in total. The van der Waals surface area contributed by atoms with Gasteiger partial charge in [-0.15, -0.1) is 0 Å². The van der Waals surface area contributed by atoms with Gasteiger partial charge in [0, 0.05) is 43.0 Å². The maximum Gasteiger partial charge on any atom is 0.129 e. The van der Waals surface area contributed by atoms with Crippen LogP contribution in [0.1, 0.15) is 30.9 Å². The quantitative estimate of drug-likeness (QED) is 0.827. The molecule has 2 aromatic carbocycles. The van der Waals surface area contributed by atoms with Crippen molar-refractivity contribution in [2.45, 2.75) is 32.9 Å². The van der Waals surface area contributed by atoms with Gasteiger partial charge in [-0.2, -0.15) is 0 Å². The van der Waals surface area contributed by atoms with Crippen LogP contribution in [0.3, 0.4) is 0 Å². The fourth-order valence-corrected chi connectivity index (χ4v) is 3.24. The topological polar surface area (TPSA) is 24.5 Å². The Morgan fingerprint density at radius 1 is 1.04 bits per heavy atom. The summed E-state index contributed by atoms with van der Waals surface area (Å²) in [7, 11) is 0. The Hall–Kier alpha value is -2.07. The molecule has 128 valence electrons. The van der Waals surface area contributed by atoms with Crippen molar-refractivity contribution in [2.75, 3.05) is 24.6 Å². The molecule has 0 radical (unpaired) electrons. The van der Waals surface area contributed by atoms with Crippen LogP contribution in [0.15, 0.2) is 42.5 Å². The second-order valence-electron chi connectivity index (χ2n) is 6.08. The average Bonchev–Trinajstić information content (AvgIpc) is 3.12. The molecule has 0 saturated carbocycles. The third-order valence-corrected chi connectivity index (χ3v) is 4.43. The molecule has 1 heterocycles. The van der Waals surface area contributed by atoms with Crippen molar-refractivity contribution in [1.29, 1.82) is 0 Å². The molecule has 1 fully saturated rings. The molecule has 1 saturated heterocycles. The molecule has 0 amide bonds. The van der Waals surface area contributed by atoms with Crippen molar-refractivity contribution in [1.82, 2.24) is 5.32 Å². The summed E-state index contributed by atoms with van der Waals surface area (Å²) >= 11 is 0. The lowest BCUT2D eigenvalue weighted by atomic mass is 10.1. The number of rotatable bonds is 7. The van der Waals surface area contributed by atoms with E-state index in [2.05, 4.69) is 10.2 Å². The van der Waals surface area contributed by atoms with Crippen molar-refractivity contribution in [2.24, 2.45) is 0 Å². The molecule has 2 aromatic rings. The lowest BCUT2D eigenvalue weighted by molar-refractivity contribution is 0.335. The summed E-state index contributed by atoms with van der Waals surface area (Å²) < 4.78 is 20.0. The van der Waals surface area contributed by atoms with Gasteiger partial charge in [-0.1, -0.05) is 24.3 Å². The Labute approximate surface area is 143 Å². The summed E-state index contributed by atoms with van der Waals surface area (Å²) in [6.45, 7) is 5.82. The molecule has 4 heteroatoms. The predicted octanol–water partition coefficient (Wildman–Crippen LogP) is 4.11. The average molecular weight is 328 g/mol. The Balaban J connectivity index is 1.69. The van der Waals surface area contributed by atoms with Gasteiger partial charge in [-0.25, -0.2) is 4.39 Å². The van der Waals surface area contributed by atoms with Gasteiger partial charge in [0.2, 0.25) is 0 Å².